The van der Waals surface area contributed by atoms with Gasteiger partial charge in [-0.2, -0.15) is 0 Å². The van der Waals surface area contributed by atoms with Gasteiger partial charge in [0, 0.05) is 24.0 Å². The van der Waals surface area contributed by atoms with Crippen LogP contribution in [0.2, 0.25) is 0 Å². The molecule has 0 bridgehead atoms. The highest BCUT2D eigenvalue weighted by Gasteiger charge is 2.35. The van der Waals surface area contributed by atoms with Crippen molar-refractivity contribution in [2.75, 3.05) is 29.9 Å². The molecule has 1 fully saturated rings. The molecule has 0 aliphatic carbocycles. The molecular formula is C17H24N4O3S4. The van der Waals surface area contributed by atoms with E-state index in [0.29, 0.717) is 13.0 Å². The number of nitrogens with one attached hydrogen (secondary N) is 1. The van der Waals surface area contributed by atoms with E-state index in [1.54, 1.807) is 16.2 Å². The summed E-state index contributed by atoms with van der Waals surface area (Å²) in [5, 5.41) is 14.0. The minimum atomic E-state index is -3.02. The summed E-state index contributed by atoms with van der Waals surface area (Å²) in [6.45, 7) is 5.02. The number of rotatable bonds is 9. The number of thioether (sulfide) groups is 1. The van der Waals surface area contributed by atoms with E-state index in [1.165, 1.54) is 28.0 Å². The van der Waals surface area contributed by atoms with Gasteiger partial charge >= 0.3 is 0 Å². The maximum Gasteiger partial charge on any atom is 0.236 e. The highest BCUT2D eigenvalue weighted by atomic mass is 32.2. The van der Waals surface area contributed by atoms with Gasteiger partial charge in [-0.1, -0.05) is 29.2 Å². The second-order valence-corrected chi connectivity index (χ2v) is 12.4. The molecule has 1 saturated heterocycles. The van der Waals surface area contributed by atoms with Gasteiger partial charge in [-0.3, -0.25) is 4.79 Å². The maximum atomic E-state index is 12.8. The molecule has 154 valence electrons. The maximum absolute atomic E-state index is 12.8. The van der Waals surface area contributed by atoms with Crippen molar-refractivity contribution in [1.29, 1.82) is 0 Å². The SMILES string of the molecule is CCN(C(=O)C(C)Sc1nnc(NCCc2cccs2)s1)C1CCS(=O)(=O)C1. The molecule has 2 aromatic heterocycles. The van der Waals surface area contributed by atoms with Crippen LogP contribution in [0, 0.1) is 0 Å². The average Bonchev–Trinajstić information content (AvgIpc) is 3.38. The van der Waals surface area contributed by atoms with Crippen LogP contribution in [0.3, 0.4) is 0 Å². The first-order valence-corrected chi connectivity index (χ1v) is 13.5. The van der Waals surface area contributed by atoms with E-state index in [4.69, 9.17) is 0 Å². The molecule has 3 rings (SSSR count). The van der Waals surface area contributed by atoms with Crippen LogP contribution in [0.15, 0.2) is 21.9 Å². The molecule has 0 aromatic carbocycles. The van der Waals surface area contributed by atoms with Crippen LogP contribution in [-0.2, 0) is 21.1 Å². The van der Waals surface area contributed by atoms with Crippen LogP contribution in [0.5, 0.6) is 0 Å². The molecule has 7 nitrogen and oxygen atoms in total. The Bertz CT molecular complexity index is 882. The van der Waals surface area contributed by atoms with Gasteiger partial charge in [-0.25, -0.2) is 8.42 Å². The zero-order valence-electron chi connectivity index (χ0n) is 15.8. The van der Waals surface area contributed by atoms with Crippen molar-refractivity contribution in [2.24, 2.45) is 0 Å². The van der Waals surface area contributed by atoms with Crippen molar-refractivity contribution >= 4 is 55.3 Å². The van der Waals surface area contributed by atoms with E-state index in [9.17, 15) is 13.2 Å². The second kappa shape index (κ2) is 9.55. The van der Waals surface area contributed by atoms with Gasteiger partial charge in [0.05, 0.1) is 16.8 Å². The van der Waals surface area contributed by atoms with E-state index in [0.717, 1.165) is 22.4 Å². The molecule has 2 atom stereocenters. The molecule has 1 N–H and O–H groups in total. The van der Waals surface area contributed by atoms with Gasteiger partial charge < -0.3 is 10.2 Å². The number of nitrogens with zero attached hydrogens (tertiary/aromatic N) is 3. The van der Waals surface area contributed by atoms with Crippen LogP contribution < -0.4 is 5.32 Å². The Morgan fingerprint density at radius 3 is 2.93 bits per heavy atom. The summed E-state index contributed by atoms with van der Waals surface area (Å²) in [4.78, 5) is 15.9. The number of carbonyl (C=O) groups is 1. The number of thiophene rings is 1. The van der Waals surface area contributed by atoms with Gasteiger partial charge in [0.1, 0.15) is 0 Å². The summed E-state index contributed by atoms with van der Waals surface area (Å²) >= 11 is 4.54. The summed E-state index contributed by atoms with van der Waals surface area (Å²) < 4.78 is 24.2. The summed E-state index contributed by atoms with van der Waals surface area (Å²) in [6.07, 6.45) is 1.46. The molecule has 0 radical (unpaired) electrons. The molecule has 0 spiro atoms. The molecule has 1 aliphatic rings. The van der Waals surface area contributed by atoms with E-state index >= 15 is 0 Å². The van der Waals surface area contributed by atoms with Crippen molar-refractivity contribution < 1.29 is 13.2 Å². The first-order valence-electron chi connectivity index (χ1n) is 9.15. The minimum Gasteiger partial charge on any atom is -0.360 e. The van der Waals surface area contributed by atoms with E-state index < -0.39 is 9.84 Å². The van der Waals surface area contributed by atoms with Crippen LogP contribution in [0.1, 0.15) is 25.1 Å². The molecule has 11 heteroatoms. The first-order chi connectivity index (χ1) is 13.4. The third kappa shape index (κ3) is 5.68. The fourth-order valence-electron chi connectivity index (χ4n) is 3.13. The molecule has 2 aromatic rings. The Balaban J connectivity index is 1.51. The first kappa shape index (κ1) is 21.5. The number of hydrogen-bond acceptors (Lipinski definition) is 9. The van der Waals surface area contributed by atoms with Gasteiger partial charge in [0.2, 0.25) is 11.0 Å². The van der Waals surface area contributed by atoms with Gasteiger partial charge in [0.15, 0.2) is 14.2 Å². The van der Waals surface area contributed by atoms with E-state index in [2.05, 4.69) is 27.0 Å². The summed E-state index contributed by atoms with van der Waals surface area (Å²) in [6, 6.07) is 3.93. The highest BCUT2D eigenvalue weighted by Crippen LogP contribution is 2.30. The Kier molecular flexibility index (Phi) is 7.35. The van der Waals surface area contributed by atoms with Crippen LogP contribution >= 0.6 is 34.4 Å². The second-order valence-electron chi connectivity index (χ2n) is 6.57. The topological polar surface area (TPSA) is 92.3 Å². The number of aromatic nitrogens is 2. The smallest absolute Gasteiger partial charge is 0.236 e. The molecule has 3 heterocycles. The fraction of sp³-hybridized carbons (Fsp3) is 0.588. The van der Waals surface area contributed by atoms with Crippen LogP contribution in [-0.4, -0.2) is 65.3 Å². The fourth-order valence-corrected chi connectivity index (χ4v) is 7.56. The van der Waals surface area contributed by atoms with Gasteiger partial charge in [0.25, 0.3) is 0 Å². The van der Waals surface area contributed by atoms with Crippen molar-refractivity contribution in [1.82, 2.24) is 15.1 Å². The molecule has 1 aliphatic heterocycles. The monoisotopic (exact) mass is 460 g/mol. The molecule has 2 unspecified atom stereocenters. The third-order valence-corrected chi connectivity index (χ3v) is 9.27. The summed E-state index contributed by atoms with van der Waals surface area (Å²) in [7, 11) is -3.02. The lowest BCUT2D eigenvalue weighted by Crippen LogP contribution is -2.44. The number of carbonyl (C=O) groups excluding carboxylic acids is 1. The van der Waals surface area contributed by atoms with E-state index in [-0.39, 0.29) is 28.7 Å². The highest BCUT2D eigenvalue weighted by molar-refractivity contribution is 8.02. The molecule has 1 amide bonds. The predicted molar refractivity (Wildman–Crippen MR) is 116 cm³/mol. The minimum absolute atomic E-state index is 0.0444. The Labute approximate surface area is 177 Å². The van der Waals surface area contributed by atoms with Gasteiger partial charge in [-0.05, 0) is 38.1 Å². The Hall–Kier alpha value is -1.17. The van der Waals surface area contributed by atoms with Gasteiger partial charge in [-0.15, -0.1) is 21.5 Å². The van der Waals surface area contributed by atoms with Crippen molar-refractivity contribution in [3.8, 4) is 0 Å². The Morgan fingerprint density at radius 2 is 2.29 bits per heavy atom. The summed E-state index contributed by atoms with van der Waals surface area (Å²) in [5.74, 6) is 0.193. The normalized spacial score (nSPS) is 19.4. The lowest BCUT2D eigenvalue weighted by Gasteiger charge is -2.29. The molecule has 28 heavy (non-hydrogen) atoms. The number of amides is 1. The zero-order valence-corrected chi connectivity index (χ0v) is 19.1. The quantitative estimate of drug-likeness (QED) is 0.575. The largest absolute Gasteiger partial charge is 0.360 e. The number of anilines is 1. The standard InChI is InChI=1S/C17H24N4O3S4/c1-3-21(13-7-10-28(23,24)11-13)15(22)12(2)26-17-20-19-16(27-17)18-8-6-14-5-4-9-25-14/h4-5,9,12-13H,3,6-8,10-11H2,1-2H3,(H,18,19). The molecular weight excluding hydrogens is 436 g/mol. The lowest BCUT2D eigenvalue weighted by atomic mass is 10.2. The third-order valence-electron chi connectivity index (χ3n) is 4.53. The number of hydrogen-bond donors (Lipinski definition) is 1. The van der Waals surface area contributed by atoms with Crippen LogP contribution in [0.4, 0.5) is 5.13 Å². The van der Waals surface area contributed by atoms with Crippen molar-refractivity contribution in [3.05, 3.63) is 22.4 Å². The molecule has 0 saturated carbocycles. The van der Waals surface area contributed by atoms with Crippen LogP contribution in [0.25, 0.3) is 0 Å². The van der Waals surface area contributed by atoms with Crippen molar-refractivity contribution in [2.45, 2.75) is 42.3 Å². The number of sulfone groups is 1. The lowest BCUT2D eigenvalue weighted by molar-refractivity contribution is -0.131. The average molecular weight is 461 g/mol. The van der Waals surface area contributed by atoms with E-state index in [1.807, 2.05) is 19.9 Å². The Morgan fingerprint density at radius 1 is 1.46 bits per heavy atom. The van der Waals surface area contributed by atoms with Crippen molar-refractivity contribution in [3.63, 3.8) is 0 Å². The predicted octanol–water partition coefficient (Wildman–Crippen LogP) is 2.77. The summed E-state index contributed by atoms with van der Waals surface area (Å²) in [5.41, 5.74) is 0. The zero-order chi connectivity index (χ0) is 20.1.